The summed E-state index contributed by atoms with van der Waals surface area (Å²) in [4.78, 5) is 4.15. The first kappa shape index (κ1) is 11.9. The van der Waals surface area contributed by atoms with Gasteiger partial charge in [0.1, 0.15) is 0 Å². The van der Waals surface area contributed by atoms with Gasteiger partial charge in [0, 0.05) is 24.2 Å². The minimum atomic E-state index is -0.504. The molecule has 0 aliphatic heterocycles. The van der Waals surface area contributed by atoms with Gasteiger partial charge in [-0.1, -0.05) is 48.5 Å². The van der Waals surface area contributed by atoms with Gasteiger partial charge in [0.15, 0.2) is 0 Å². The molecule has 0 spiro atoms. The van der Waals surface area contributed by atoms with Gasteiger partial charge >= 0.3 is 0 Å². The molecule has 2 aromatic carbocycles. The van der Waals surface area contributed by atoms with Crippen LogP contribution >= 0.6 is 0 Å². The van der Waals surface area contributed by atoms with Crippen molar-refractivity contribution in [1.82, 2.24) is 4.98 Å². The van der Waals surface area contributed by atoms with Gasteiger partial charge in [-0.3, -0.25) is 4.98 Å². The average molecular weight is 249 g/mol. The fraction of sp³-hybridized carbons (Fsp3) is 0.118. The Morgan fingerprint density at radius 3 is 2.63 bits per heavy atom. The number of aliphatic hydroxyl groups excluding tert-OH is 1. The fourth-order valence-electron chi connectivity index (χ4n) is 2.37. The Morgan fingerprint density at radius 2 is 1.79 bits per heavy atom. The van der Waals surface area contributed by atoms with Crippen molar-refractivity contribution in [3.63, 3.8) is 0 Å². The second-order valence-electron chi connectivity index (χ2n) is 4.65. The molecule has 0 amide bonds. The number of fused-ring (bicyclic) bond motifs is 1. The molecule has 2 heteroatoms. The Kier molecular flexibility index (Phi) is 3.25. The number of benzene rings is 2. The van der Waals surface area contributed by atoms with E-state index < -0.39 is 6.10 Å². The molecule has 1 aromatic heterocycles. The summed E-state index contributed by atoms with van der Waals surface area (Å²) in [6, 6.07) is 18.0. The van der Waals surface area contributed by atoms with E-state index in [9.17, 15) is 5.11 Å². The normalized spacial score (nSPS) is 12.5. The zero-order valence-corrected chi connectivity index (χ0v) is 10.5. The Bertz CT molecular complexity index is 674. The zero-order valence-electron chi connectivity index (χ0n) is 10.5. The molecule has 94 valence electrons. The van der Waals surface area contributed by atoms with Gasteiger partial charge in [-0.2, -0.15) is 0 Å². The van der Waals surface area contributed by atoms with E-state index in [-0.39, 0.29) is 0 Å². The van der Waals surface area contributed by atoms with E-state index in [1.165, 1.54) is 0 Å². The SMILES string of the molecule is OC(Cc1ccccc1)c1cccc2ccncc12. The lowest BCUT2D eigenvalue weighted by atomic mass is 9.97. The lowest BCUT2D eigenvalue weighted by molar-refractivity contribution is 0.180. The number of hydrogen-bond donors (Lipinski definition) is 1. The summed E-state index contributed by atoms with van der Waals surface area (Å²) >= 11 is 0. The number of nitrogens with zero attached hydrogens (tertiary/aromatic N) is 1. The maximum atomic E-state index is 10.4. The van der Waals surface area contributed by atoms with Crippen molar-refractivity contribution in [2.75, 3.05) is 0 Å². The van der Waals surface area contributed by atoms with Crippen LogP contribution in [0.15, 0.2) is 67.0 Å². The Labute approximate surface area is 112 Å². The second kappa shape index (κ2) is 5.21. The van der Waals surface area contributed by atoms with Crippen LogP contribution in [0.4, 0.5) is 0 Å². The van der Waals surface area contributed by atoms with Crippen LogP contribution in [0.2, 0.25) is 0 Å². The standard InChI is InChI=1S/C17H15NO/c19-17(11-13-5-2-1-3-6-13)15-8-4-7-14-9-10-18-12-16(14)15/h1-10,12,17,19H,11H2. The van der Waals surface area contributed by atoms with Crippen LogP contribution in [-0.4, -0.2) is 10.1 Å². The van der Waals surface area contributed by atoms with Gasteiger partial charge in [0.05, 0.1) is 6.10 Å². The van der Waals surface area contributed by atoms with Gasteiger partial charge in [0.25, 0.3) is 0 Å². The van der Waals surface area contributed by atoms with Crippen LogP contribution in [0.25, 0.3) is 10.8 Å². The molecule has 1 atom stereocenters. The molecule has 0 aliphatic rings. The van der Waals surface area contributed by atoms with Gasteiger partial charge < -0.3 is 5.11 Å². The summed E-state index contributed by atoms with van der Waals surface area (Å²) in [6.45, 7) is 0. The van der Waals surface area contributed by atoms with E-state index in [1.54, 1.807) is 6.20 Å². The molecule has 0 bridgehead atoms. The third kappa shape index (κ3) is 2.49. The van der Waals surface area contributed by atoms with Crippen LogP contribution < -0.4 is 0 Å². The van der Waals surface area contributed by atoms with Gasteiger partial charge in [-0.05, 0) is 22.6 Å². The number of aliphatic hydroxyl groups is 1. The maximum Gasteiger partial charge on any atom is 0.0836 e. The minimum absolute atomic E-state index is 0.504. The predicted octanol–water partition coefficient (Wildman–Crippen LogP) is 3.51. The third-order valence-corrected chi connectivity index (χ3v) is 3.35. The molecule has 0 aliphatic carbocycles. The molecule has 0 radical (unpaired) electrons. The average Bonchev–Trinajstić information content (AvgIpc) is 2.47. The second-order valence-corrected chi connectivity index (χ2v) is 4.65. The highest BCUT2D eigenvalue weighted by Crippen LogP contribution is 2.25. The van der Waals surface area contributed by atoms with Crippen molar-refractivity contribution in [1.29, 1.82) is 0 Å². The first-order valence-electron chi connectivity index (χ1n) is 6.39. The first-order chi connectivity index (χ1) is 9.34. The highest BCUT2D eigenvalue weighted by Gasteiger charge is 2.11. The third-order valence-electron chi connectivity index (χ3n) is 3.35. The Hall–Kier alpha value is -2.19. The zero-order chi connectivity index (χ0) is 13.1. The number of pyridine rings is 1. The van der Waals surface area contributed by atoms with E-state index >= 15 is 0 Å². The van der Waals surface area contributed by atoms with Crippen LogP contribution in [0.1, 0.15) is 17.2 Å². The fourth-order valence-corrected chi connectivity index (χ4v) is 2.37. The Balaban J connectivity index is 1.96. The van der Waals surface area contributed by atoms with Gasteiger partial charge in [-0.15, -0.1) is 0 Å². The van der Waals surface area contributed by atoms with E-state index in [0.29, 0.717) is 6.42 Å². The largest absolute Gasteiger partial charge is 0.388 e. The van der Waals surface area contributed by atoms with Crippen molar-refractivity contribution >= 4 is 10.8 Å². The van der Waals surface area contributed by atoms with Crippen molar-refractivity contribution in [3.8, 4) is 0 Å². The quantitative estimate of drug-likeness (QED) is 0.770. The molecule has 19 heavy (non-hydrogen) atoms. The van der Waals surface area contributed by atoms with Crippen molar-refractivity contribution < 1.29 is 5.11 Å². The molecule has 1 N–H and O–H groups in total. The molecule has 3 rings (SSSR count). The van der Waals surface area contributed by atoms with Crippen molar-refractivity contribution in [2.24, 2.45) is 0 Å². The summed E-state index contributed by atoms with van der Waals surface area (Å²) in [6.07, 6.45) is 3.71. The summed E-state index contributed by atoms with van der Waals surface area (Å²) in [7, 11) is 0. The van der Waals surface area contributed by atoms with E-state index in [4.69, 9.17) is 0 Å². The first-order valence-corrected chi connectivity index (χ1v) is 6.39. The minimum Gasteiger partial charge on any atom is -0.388 e. The highest BCUT2D eigenvalue weighted by molar-refractivity contribution is 5.85. The van der Waals surface area contributed by atoms with Crippen molar-refractivity contribution in [3.05, 3.63) is 78.1 Å². The molecule has 0 saturated heterocycles. The van der Waals surface area contributed by atoms with Crippen LogP contribution in [0.3, 0.4) is 0 Å². The maximum absolute atomic E-state index is 10.4. The van der Waals surface area contributed by atoms with Crippen LogP contribution in [0, 0.1) is 0 Å². The van der Waals surface area contributed by atoms with Gasteiger partial charge in [0.2, 0.25) is 0 Å². The van der Waals surface area contributed by atoms with Crippen molar-refractivity contribution in [2.45, 2.75) is 12.5 Å². The molecule has 2 nitrogen and oxygen atoms in total. The number of aromatic nitrogens is 1. The molecule has 3 aromatic rings. The monoisotopic (exact) mass is 249 g/mol. The molecule has 1 unspecified atom stereocenters. The number of hydrogen-bond acceptors (Lipinski definition) is 2. The molecule has 0 saturated carbocycles. The Morgan fingerprint density at radius 1 is 0.947 bits per heavy atom. The molecule has 0 fully saturated rings. The summed E-state index contributed by atoms with van der Waals surface area (Å²) < 4.78 is 0. The summed E-state index contributed by atoms with van der Waals surface area (Å²) in [5.41, 5.74) is 2.07. The van der Waals surface area contributed by atoms with E-state index in [0.717, 1.165) is 21.9 Å². The number of rotatable bonds is 3. The molecule has 1 heterocycles. The van der Waals surface area contributed by atoms with E-state index in [2.05, 4.69) is 4.98 Å². The predicted molar refractivity (Wildman–Crippen MR) is 76.8 cm³/mol. The van der Waals surface area contributed by atoms with Crippen LogP contribution in [0.5, 0.6) is 0 Å². The summed E-state index contributed by atoms with van der Waals surface area (Å²) in [5, 5.41) is 12.6. The molecular weight excluding hydrogens is 234 g/mol. The molecular formula is C17H15NO. The lowest BCUT2D eigenvalue weighted by Gasteiger charge is -2.13. The van der Waals surface area contributed by atoms with Crippen LogP contribution in [-0.2, 0) is 6.42 Å². The topological polar surface area (TPSA) is 33.1 Å². The highest BCUT2D eigenvalue weighted by atomic mass is 16.3. The smallest absolute Gasteiger partial charge is 0.0836 e. The lowest BCUT2D eigenvalue weighted by Crippen LogP contribution is -2.02. The summed E-state index contributed by atoms with van der Waals surface area (Å²) in [5.74, 6) is 0. The van der Waals surface area contributed by atoms with Gasteiger partial charge in [-0.25, -0.2) is 0 Å². The van der Waals surface area contributed by atoms with E-state index in [1.807, 2.05) is 60.8 Å².